The molecule has 0 aromatic heterocycles. The number of nitrogens with zero attached hydrogens (tertiary/aromatic N) is 1. The van der Waals surface area contributed by atoms with Gasteiger partial charge in [0.15, 0.2) is 0 Å². The van der Waals surface area contributed by atoms with Crippen molar-refractivity contribution in [2.75, 3.05) is 31.2 Å². The van der Waals surface area contributed by atoms with Gasteiger partial charge in [-0.2, -0.15) is 0 Å². The quantitative estimate of drug-likeness (QED) is 0.659. The van der Waals surface area contributed by atoms with Gasteiger partial charge in [-0.05, 0) is 13.8 Å². The molecule has 0 radical (unpaired) electrons. The lowest BCUT2D eigenvalue weighted by atomic mass is 10.2. The highest BCUT2D eigenvalue weighted by atomic mass is 32.2. The molecule has 1 saturated heterocycles. The smallest absolute Gasteiger partial charge is 0.307 e. The van der Waals surface area contributed by atoms with E-state index in [0.29, 0.717) is 13.0 Å². The van der Waals surface area contributed by atoms with E-state index in [1.165, 1.54) is 0 Å². The molecular formula is C10H19NO3S. The van der Waals surface area contributed by atoms with Gasteiger partial charge in [0.1, 0.15) is 0 Å². The maximum absolute atomic E-state index is 11.3. The van der Waals surface area contributed by atoms with Crippen molar-refractivity contribution in [2.24, 2.45) is 0 Å². The van der Waals surface area contributed by atoms with E-state index in [1.807, 2.05) is 13.8 Å². The molecule has 1 aliphatic rings. The molecule has 5 heteroatoms. The summed E-state index contributed by atoms with van der Waals surface area (Å²) >= 11 is 0. The van der Waals surface area contributed by atoms with Crippen LogP contribution >= 0.6 is 0 Å². The Balaban J connectivity index is 2.30. The van der Waals surface area contributed by atoms with E-state index >= 15 is 0 Å². The van der Waals surface area contributed by atoms with Gasteiger partial charge >= 0.3 is 5.97 Å². The maximum atomic E-state index is 11.3. The lowest BCUT2D eigenvalue weighted by Crippen LogP contribution is -2.44. The number of esters is 1. The van der Waals surface area contributed by atoms with E-state index in [0.717, 1.165) is 24.6 Å². The summed E-state index contributed by atoms with van der Waals surface area (Å²) in [6.45, 7) is 5.92. The molecule has 4 nitrogen and oxygen atoms in total. The Bertz CT molecular complexity index is 235. The minimum atomic E-state index is -0.651. The van der Waals surface area contributed by atoms with Gasteiger partial charge in [-0.3, -0.25) is 13.9 Å². The van der Waals surface area contributed by atoms with Crippen LogP contribution in [0.2, 0.25) is 0 Å². The number of carbonyl (C=O) groups is 1. The zero-order valence-electron chi connectivity index (χ0n) is 9.40. The molecule has 1 aliphatic heterocycles. The number of hydrogen-bond donors (Lipinski definition) is 0. The molecule has 0 aromatic rings. The molecule has 0 amide bonds. The summed E-state index contributed by atoms with van der Waals surface area (Å²) in [6.07, 6.45) is 0.431. The summed E-state index contributed by atoms with van der Waals surface area (Å²) in [5.41, 5.74) is 0. The van der Waals surface area contributed by atoms with Crippen LogP contribution in [0.15, 0.2) is 0 Å². The van der Waals surface area contributed by atoms with Crippen LogP contribution in [0, 0.1) is 0 Å². The number of carbonyl (C=O) groups excluding carboxylic acids is 1. The fourth-order valence-corrected chi connectivity index (χ4v) is 2.76. The van der Waals surface area contributed by atoms with Crippen molar-refractivity contribution in [3.05, 3.63) is 0 Å². The molecule has 0 bridgehead atoms. The zero-order chi connectivity index (χ0) is 11.3. The monoisotopic (exact) mass is 233 g/mol. The molecule has 1 unspecified atom stereocenters. The van der Waals surface area contributed by atoms with Crippen molar-refractivity contribution in [3.63, 3.8) is 0 Å². The third-order valence-electron chi connectivity index (χ3n) is 2.60. The highest BCUT2D eigenvalue weighted by Crippen LogP contribution is 2.09. The molecule has 1 fully saturated rings. The van der Waals surface area contributed by atoms with Crippen LogP contribution in [0.3, 0.4) is 0 Å². The zero-order valence-corrected chi connectivity index (χ0v) is 10.2. The van der Waals surface area contributed by atoms with Crippen molar-refractivity contribution in [2.45, 2.75) is 26.3 Å². The topological polar surface area (TPSA) is 46.6 Å². The molecule has 1 heterocycles. The molecule has 15 heavy (non-hydrogen) atoms. The summed E-state index contributed by atoms with van der Waals surface area (Å²) in [7, 11) is -0.651. The van der Waals surface area contributed by atoms with Gasteiger partial charge in [0.2, 0.25) is 0 Å². The molecular weight excluding hydrogens is 214 g/mol. The van der Waals surface area contributed by atoms with Gasteiger partial charge in [-0.1, -0.05) is 0 Å². The Kier molecular flexibility index (Phi) is 5.25. The molecule has 1 atom stereocenters. The first kappa shape index (κ1) is 12.6. The van der Waals surface area contributed by atoms with Crippen LogP contribution in [0.25, 0.3) is 0 Å². The first-order chi connectivity index (χ1) is 7.13. The minimum Gasteiger partial charge on any atom is -0.466 e. The Morgan fingerprint density at radius 3 is 2.60 bits per heavy atom. The van der Waals surface area contributed by atoms with Gasteiger partial charge in [0.05, 0.1) is 13.0 Å². The van der Waals surface area contributed by atoms with Crippen LogP contribution < -0.4 is 0 Å². The van der Waals surface area contributed by atoms with Gasteiger partial charge in [-0.15, -0.1) is 0 Å². The summed E-state index contributed by atoms with van der Waals surface area (Å²) in [4.78, 5) is 13.5. The van der Waals surface area contributed by atoms with E-state index < -0.39 is 10.8 Å². The van der Waals surface area contributed by atoms with Crippen LogP contribution in [0.4, 0.5) is 0 Å². The van der Waals surface area contributed by atoms with Gasteiger partial charge in [0.25, 0.3) is 0 Å². The predicted octanol–water partition coefficient (Wildman–Crippen LogP) is 0.392. The first-order valence-corrected chi connectivity index (χ1v) is 6.87. The van der Waals surface area contributed by atoms with Crippen molar-refractivity contribution in [1.82, 2.24) is 4.90 Å². The summed E-state index contributed by atoms with van der Waals surface area (Å²) in [5, 5.41) is 0. The average Bonchev–Trinajstić information content (AvgIpc) is 2.18. The molecule has 0 aliphatic carbocycles. The SMILES string of the molecule is CCOC(=O)CC(C)N1CCS(=O)CC1. The van der Waals surface area contributed by atoms with Crippen LogP contribution in [-0.2, 0) is 20.3 Å². The number of rotatable bonds is 4. The molecule has 0 aromatic carbocycles. The normalized spacial score (nSPS) is 21.2. The predicted molar refractivity (Wildman–Crippen MR) is 60.2 cm³/mol. The maximum Gasteiger partial charge on any atom is 0.307 e. The Morgan fingerprint density at radius 2 is 2.07 bits per heavy atom. The summed E-state index contributed by atoms with van der Waals surface area (Å²) < 4.78 is 16.0. The first-order valence-electron chi connectivity index (χ1n) is 5.38. The number of ether oxygens (including phenoxy) is 1. The van der Waals surface area contributed by atoms with Gasteiger partial charge in [0, 0.05) is 41.4 Å². The lowest BCUT2D eigenvalue weighted by molar-refractivity contribution is -0.144. The molecule has 0 N–H and O–H groups in total. The molecule has 1 rings (SSSR count). The molecule has 88 valence electrons. The second-order valence-corrected chi connectivity index (χ2v) is 5.44. The Hall–Kier alpha value is -0.420. The van der Waals surface area contributed by atoms with Crippen LogP contribution in [-0.4, -0.2) is 52.3 Å². The fourth-order valence-electron chi connectivity index (χ4n) is 1.68. The third-order valence-corrected chi connectivity index (χ3v) is 3.88. The number of hydrogen-bond acceptors (Lipinski definition) is 4. The minimum absolute atomic E-state index is 0.142. The lowest BCUT2D eigenvalue weighted by Gasteiger charge is -2.31. The molecule has 0 saturated carbocycles. The second-order valence-electron chi connectivity index (χ2n) is 3.74. The summed E-state index contributed by atoms with van der Waals surface area (Å²) in [5.74, 6) is 1.32. The average molecular weight is 233 g/mol. The van der Waals surface area contributed by atoms with E-state index in [4.69, 9.17) is 4.74 Å². The van der Waals surface area contributed by atoms with E-state index in [2.05, 4.69) is 4.90 Å². The van der Waals surface area contributed by atoms with E-state index in [1.54, 1.807) is 0 Å². The standard InChI is InChI=1S/C10H19NO3S/c1-3-14-10(12)8-9(2)11-4-6-15(13)7-5-11/h9H,3-8H2,1-2H3. The van der Waals surface area contributed by atoms with Gasteiger partial charge < -0.3 is 4.74 Å². The largest absolute Gasteiger partial charge is 0.466 e. The highest BCUT2D eigenvalue weighted by molar-refractivity contribution is 7.85. The van der Waals surface area contributed by atoms with Crippen molar-refractivity contribution in [3.8, 4) is 0 Å². The third kappa shape index (κ3) is 4.30. The van der Waals surface area contributed by atoms with Crippen LogP contribution in [0.5, 0.6) is 0 Å². The van der Waals surface area contributed by atoms with Gasteiger partial charge in [-0.25, -0.2) is 0 Å². The second kappa shape index (κ2) is 6.23. The van der Waals surface area contributed by atoms with E-state index in [9.17, 15) is 9.00 Å². The van der Waals surface area contributed by atoms with Crippen molar-refractivity contribution < 1.29 is 13.7 Å². The summed E-state index contributed by atoms with van der Waals surface area (Å²) in [6, 6.07) is 0.196. The Morgan fingerprint density at radius 1 is 1.47 bits per heavy atom. The highest BCUT2D eigenvalue weighted by Gasteiger charge is 2.22. The van der Waals surface area contributed by atoms with Crippen molar-refractivity contribution in [1.29, 1.82) is 0 Å². The van der Waals surface area contributed by atoms with Crippen LogP contribution in [0.1, 0.15) is 20.3 Å². The van der Waals surface area contributed by atoms with E-state index in [-0.39, 0.29) is 12.0 Å². The molecule has 0 spiro atoms. The fraction of sp³-hybridized carbons (Fsp3) is 0.900. The van der Waals surface area contributed by atoms with Crippen molar-refractivity contribution >= 4 is 16.8 Å². The Labute approximate surface area is 93.4 Å².